The van der Waals surface area contributed by atoms with E-state index in [1.54, 1.807) is 30.3 Å². The van der Waals surface area contributed by atoms with Crippen LogP contribution in [0.2, 0.25) is 0 Å². The average Bonchev–Trinajstić information content (AvgIpc) is 3.29. The number of rotatable bonds is 7. The van der Waals surface area contributed by atoms with Crippen molar-refractivity contribution in [2.45, 2.75) is 6.61 Å². The third-order valence-corrected chi connectivity index (χ3v) is 5.24. The third kappa shape index (κ3) is 4.78. The number of hydrogen-bond acceptors (Lipinski definition) is 6. The lowest BCUT2D eigenvalue weighted by Gasteiger charge is -2.12. The molecule has 3 aromatic carbocycles. The molecule has 0 aliphatic heterocycles. The van der Waals surface area contributed by atoms with Crippen molar-refractivity contribution in [3.8, 4) is 22.7 Å². The second-order valence-corrected chi connectivity index (χ2v) is 7.47. The predicted molar refractivity (Wildman–Crippen MR) is 122 cm³/mol. The minimum Gasteiger partial charge on any atom is -0.488 e. The average molecular weight is 496 g/mol. The fourth-order valence-electron chi connectivity index (χ4n) is 3.56. The molecule has 0 saturated carbocycles. The SMILES string of the molecule is COC(=O)c1c(-c2ccc(F)cc2OCc2cc(F)ccc2F)nn(-c2ccccc2)c1C(=O)OC. The molecular weight excluding hydrogens is 477 g/mol. The molecule has 0 saturated heterocycles. The molecule has 4 aromatic rings. The molecule has 184 valence electrons. The van der Waals surface area contributed by atoms with Crippen molar-refractivity contribution in [2.24, 2.45) is 0 Å². The van der Waals surface area contributed by atoms with E-state index in [1.807, 2.05) is 0 Å². The number of benzene rings is 3. The number of aromatic nitrogens is 2. The zero-order chi connectivity index (χ0) is 25.8. The molecule has 0 aliphatic carbocycles. The molecule has 36 heavy (non-hydrogen) atoms. The first-order chi connectivity index (χ1) is 17.3. The van der Waals surface area contributed by atoms with Crippen molar-refractivity contribution >= 4 is 11.9 Å². The van der Waals surface area contributed by atoms with Crippen molar-refractivity contribution in [2.75, 3.05) is 14.2 Å². The van der Waals surface area contributed by atoms with Crippen LogP contribution < -0.4 is 4.74 Å². The van der Waals surface area contributed by atoms with Crippen molar-refractivity contribution in [3.63, 3.8) is 0 Å². The number of para-hydroxylation sites is 1. The van der Waals surface area contributed by atoms with Gasteiger partial charge in [0.1, 0.15) is 41.1 Å². The zero-order valence-corrected chi connectivity index (χ0v) is 19.1. The van der Waals surface area contributed by atoms with Gasteiger partial charge in [-0.25, -0.2) is 27.4 Å². The second kappa shape index (κ2) is 10.3. The van der Waals surface area contributed by atoms with Gasteiger partial charge >= 0.3 is 11.9 Å². The van der Waals surface area contributed by atoms with E-state index in [-0.39, 0.29) is 33.8 Å². The van der Waals surface area contributed by atoms with Crippen LogP contribution >= 0.6 is 0 Å². The highest BCUT2D eigenvalue weighted by Crippen LogP contribution is 2.36. The molecule has 1 heterocycles. The van der Waals surface area contributed by atoms with E-state index in [2.05, 4.69) is 5.10 Å². The van der Waals surface area contributed by atoms with E-state index in [1.165, 1.54) is 10.7 Å². The summed E-state index contributed by atoms with van der Waals surface area (Å²) in [5.74, 6) is -3.98. The van der Waals surface area contributed by atoms with Gasteiger partial charge in [-0.2, -0.15) is 5.10 Å². The van der Waals surface area contributed by atoms with Crippen LogP contribution in [0.15, 0.2) is 66.7 Å². The largest absolute Gasteiger partial charge is 0.488 e. The molecule has 7 nitrogen and oxygen atoms in total. The summed E-state index contributed by atoms with van der Waals surface area (Å²) in [6.45, 7) is -0.448. The van der Waals surface area contributed by atoms with Gasteiger partial charge in [-0.15, -0.1) is 0 Å². The first-order valence-corrected chi connectivity index (χ1v) is 10.6. The van der Waals surface area contributed by atoms with Crippen LogP contribution in [0, 0.1) is 17.5 Å². The minimum atomic E-state index is -0.904. The molecule has 4 rings (SSSR count). The number of esters is 2. The maximum atomic E-state index is 14.2. The summed E-state index contributed by atoms with van der Waals surface area (Å²) in [5.41, 5.74) is -0.114. The Hall–Kier alpha value is -4.60. The van der Waals surface area contributed by atoms with Gasteiger partial charge in [0.25, 0.3) is 0 Å². The van der Waals surface area contributed by atoms with Crippen molar-refractivity contribution in [3.05, 3.63) is 101 Å². The zero-order valence-electron chi connectivity index (χ0n) is 19.1. The van der Waals surface area contributed by atoms with Crippen LogP contribution in [-0.4, -0.2) is 35.9 Å². The van der Waals surface area contributed by atoms with Crippen molar-refractivity contribution < 1.29 is 37.0 Å². The van der Waals surface area contributed by atoms with Gasteiger partial charge in [0.05, 0.1) is 19.9 Å². The quantitative estimate of drug-likeness (QED) is 0.331. The molecule has 0 spiro atoms. The first kappa shape index (κ1) is 24.5. The molecule has 10 heteroatoms. The predicted octanol–water partition coefficient (Wildman–Crippen LogP) is 5.11. The van der Waals surface area contributed by atoms with Gasteiger partial charge in [-0.1, -0.05) is 18.2 Å². The topological polar surface area (TPSA) is 79.7 Å². The highest BCUT2D eigenvalue weighted by molar-refractivity contribution is 6.07. The monoisotopic (exact) mass is 496 g/mol. The molecule has 0 bridgehead atoms. The summed E-state index contributed by atoms with van der Waals surface area (Å²) in [6.07, 6.45) is 0. The lowest BCUT2D eigenvalue weighted by Crippen LogP contribution is -2.15. The lowest BCUT2D eigenvalue weighted by atomic mass is 10.0. The smallest absolute Gasteiger partial charge is 0.357 e. The molecule has 0 amide bonds. The molecular formula is C26H19F3N2O5. The Kier molecular flexibility index (Phi) is 7.05. The number of carbonyl (C=O) groups excluding carboxylic acids is 2. The fourth-order valence-corrected chi connectivity index (χ4v) is 3.56. The lowest BCUT2D eigenvalue weighted by molar-refractivity contribution is 0.0549. The Balaban J connectivity index is 1.90. The Morgan fingerprint density at radius 2 is 1.53 bits per heavy atom. The standard InChI is InChI=1S/C26H19F3N2O5/c1-34-25(32)22-23(30-31(24(22)26(33)35-2)18-6-4-3-5-7-18)19-10-8-17(28)13-21(19)36-14-15-12-16(27)9-11-20(15)29/h3-13H,14H2,1-2H3. The van der Waals surface area contributed by atoms with Crippen LogP contribution in [0.3, 0.4) is 0 Å². The number of carbonyl (C=O) groups is 2. The van der Waals surface area contributed by atoms with Crippen LogP contribution in [0.1, 0.15) is 26.4 Å². The number of hydrogen-bond donors (Lipinski definition) is 0. The van der Waals surface area contributed by atoms with E-state index in [4.69, 9.17) is 14.2 Å². The normalized spacial score (nSPS) is 10.7. The maximum absolute atomic E-state index is 14.2. The molecule has 0 fully saturated rings. The number of nitrogens with zero attached hydrogens (tertiary/aromatic N) is 2. The highest BCUT2D eigenvalue weighted by atomic mass is 19.1. The molecule has 0 atom stereocenters. The Labute approximate surface area is 203 Å². The second-order valence-electron chi connectivity index (χ2n) is 7.47. The molecule has 0 radical (unpaired) electrons. The number of methoxy groups -OCH3 is 2. The van der Waals surface area contributed by atoms with Crippen molar-refractivity contribution in [1.82, 2.24) is 9.78 Å². The summed E-state index contributed by atoms with van der Waals surface area (Å²) in [7, 11) is 2.27. The third-order valence-electron chi connectivity index (χ3n) is 5.24. The maximum Gasteiger partial charge on any atom is 0.357 e. The fraction of sp³-hybridized carbons (Fsp3) is 0.115. The van der Waals surface area contributed by atoms with Gasteiger partial charge in [0, 0.05) is 17.2 Å². The minimum absolute atomic E-state index is 0.0687. The van der Waals surface area contributed by atoms with Crippen molar-refractivity contribution in [1.29, 1.82) is 0 Å². The Morgan fingerprint density at radius 3 is 2.22 bits per heavy atom. The summed E-state index contributed by atoms with van der Waals surface area (Å²) in [4.78, 5) is 25.6. The Morgan fingerprint density at radius 1 is 0.861 bits per heavy atom. The van der Waals surface area contributed by atoms with Crippen LogP contribution in [0.25, 0.3) is 16.9 Å². The first-order valence-electron chi connectivity index (χ1n) is 10.6. The number of halogens is 3. The summed E-state index contributed by atoms with van der Waals surface area (Å²) >= 11 is 0. The summed E-state index contributed by atoms with van der Waals surface area (Å²) < 4.78 is 58.5. The molecule has 0 N–H and O–H groups in total. The van der Waals surface area contributed by atoms with E-state index in [9.17, 15) is 22.8 Å². The van der Waals surface area contributed by atoms with Crippen LogP contribution in [0.4, 0.5) is 13.2 Å². The molecule has 0 aliphatic rings. The van der Waals surface area contributed by atoms with E-state index in [0.717, 1.165) is 44.6 Å². The molecule has 0 unspecified atom stereocenters. The van der Waals surface area contributed by atoms with Gasteiger partial charge in [0.15, 0.2) is 5.69 Å². The number of ether oxygens (including phenoxy) is 3. The highest BCUT2D eigenvalue weighted by Gasteiger charge is 2.32. The van der Waals surface area contributed by atoms with Gasteiger partial charge in [-0.3, -0.25) is 0 Å². The van der Waals surface area contributed by atoms with E-state index < -0.39 is 36.0 Å². The van der Waals surface area contributed by atoms with Crippen LogP contribution in [-0.2, 0) is 16.1 Å². The Bertz CT molecular complexity index is 1440. The van der Waals surface area contributed by atoms with Gasteiger partial charge in [-0.05, 0) is 42.5 Å². The molecule has 1 aromatic heterocycles. The van der Waals surface area contributed by atoms with Crippen LogP contribution in [0.5, 0.6) is 5.75 Å². The summed E-state index contributed by atoms with van der Waals surface area (Å²) in [6, 6.07) is 14.7. The van der Waals surface area contributed by atoms with E-state index in [0.29, 0.717) is 5.69 Å². The van der Waals surface area contributed by atoms with E-state index >= 15 is 0 Å². The summed E-state index contributed by atoms with van der Waals surface area (Å²) in [5, 5.41) is 4.44. The van der Waals surface area contributed by atoms with Gasteiger partial charge < -0.3 is 14.2 Å². The van der Waals surface area contributed by atoms with Gasteiger partial charge in [0.2, 0.25) is 0 Å².